The lowest BCUT2D eigenvalue weighted by Crippen LogP contribution is -2.32. The van der Waals surface area contributed by atoms with Crippen LogP contribution in [0.3, 0.4) is 0 Å². The normalized spacial score (nSPS) is 13.4. The number of ketones is 2. The van der Waals surface area contributed by atoms with Gasteiger partial charge in [-0.2, -0.15) is 0 Å². The van der Waals surface area contributed by atoms with Crippen LogP contribution in [0.5, 0.6) is 5.75 Å². The average Bonchev–Trinajstić information content (AvgIpc) is 2.83. The van der Waals surface area contributed by atoms with E-state index < -0.39 is 0 Å². The molecule has 2 rings (SSSR count). The van der Waals surface area contributed by atoms with Crippen LogP contribution in [0.15, 0.2) is 41.6 Å². The van der Waals surface area contributed by atoms with Gasteiger partial charge >= 0.3 is 0 Å². The summed E-state index contributed by atoms with van der Waals surface area (Å²) in [5.41, 5.74) is 6.37. The van der Waals surface area contributed by atoms with Gasteiger partial charge in [-0.3, -0.25) is 14.4 Å². The van der Waals surface area contributed by atoms with E-state index in [2.05, 4.69) is 50.5 Å². The number of nitrogens with one attached hydrogen (secondary N) is 2. The van der Waals surface area contributed by atoms with Gasteiger partial charge < -0.3 is 15.4 Å². The fourth-order valence-electron chi connectivity index (χ4n) is 4.69. The van der Waals surface area contributed by atoms with Gasteiger partial charge in [-0.25, -0.2) is 0 Å². The van der Waals surface area contributed by atoms with E-state index in [1.54, 1.807) is 12.1 Å². The first-order valence-corrected chi connectivity index (χ1v) is 13.5. The number of hydrogen-bond donors (Lipinski definition) is 2. The standard InChI is InChI=1S/C32H44N2O4/c1-10-11-31(33-17-22(6)38-26-12-13-27(19(2)3)20(4)14-26)30(18-35)23(7)34-32-16-29(25(9)37)28(24(8)36)15-21(32)5/h12-16,18-19,22-23,33-34H,10-11,17H2,1-9H3/b31-30-. The topological polar surface area (TPSA) is 84.5 Å². The molecule has 2 atom stereocenters. The zero-order valence-corrected chi connectivity index (χ0v) is 24.5. The van der Waals surface area contributed by atoms with E-state index in [9.17, 15) is 14.4 Å². The lowest BCUT2D eigenvalue weighted by atomic mass is 9.96. The molecule has 2 unspecified atom stereocenters. The lowest BCUT2D eigenvalue weighted by molar-refractivity contribution is -0.105. The summed E-state index contributed by atoms with van der Waals surface area (Å²) in [6.07, 6.45) is 2.37. The van der Waals surface area contributed by atoms with E-state index in [1.165, 1.54) is 25.0 Å². The Morgan fingerprint density at radius 3 is 2.11 bits per heavy atom. The van der Waals surface area contributed by atoms with Gasteiger partial charge in [0, 0.05) is 28.1 Å². The number of aryl methyl sites for hydroxylation is 2. The molecule has 0 fully saturated rings. The van der Waals surface area contributed by atoms with Crippen molar-refractivity contribution in [2.45, 2.75) is 93.2 Å². The van der Waals surface area contributed by atoms with Crippen molar-refractivity contribution in [3.63, 3.8) is 0 Å². The molecule has 206 valence electrons. The van der Waals surface area contributed by atoms with Crippen LogP contribution in [-0.2, 0) is 4.79 Å². The molecule has 0 heterocycles. The highest BCUT2D eigenvalue weighted by Gasteiger charge is 2.19. The Hall–Kier alpha value is -3.41. The summed E-state index contributed by atoms with van der Waals surface area (Å²) in [4.78, 5) is 36.5. The van der Waals surface area contributed by atoms with Crippen LogP contribution < -0.4 is 15.4 Å². The zero-order valence-electron chi connectivity index (χ0n) is 24.5. The van der Waals surface area contributed by atoms with Crippen LogP contribution in [0, 0.1) is 13.8 Å². The summed E-state index contributed by atoms with van der Waals surface area (Å²) in [6.45, 7) is 17.8. The summed E-state index contributed by atoms with van der Waals surface area (Å²) in [5, 5.41) is 6.84. The summed E-state index contributed by atoms with van der Waals surface area (Å²) in [6, 6.07) is 9.34. The maximum Gasteiger partial charge on any atom is 0.160 e. The zero-order chi connectivity index (χ0) is 28.6. The minimum Gasteiger partial charge on any atom is -0.489 e. The molecular formula is C32H44N2O4. The molecule has 0 aromatic heterocycles. The first-order valence-electron chi connectivity index (χ1n) is 13.5. The van der Waals surface area contributed by atoms with Gasteiger partial charge in [0.15, 0.2) is 11.6 Å². The molecule has 0 amide bonds. The molecule has 0 aliphatic rings. The van der Waals surface area contributed by atoms with Crippen molar-refractivity contribution in [1.29, 1.82) is 0 Å². The molecule has 6 nitrogen and oxygen atoms in total. The molecule has 0 radical (unpaired) electrons. The number of carbonyl (C=O) groups excluding carboxylic acids is 3. The van der Waals surface area contributed by atoms with Gasteiger partial charge in [-0.1, -0.05) is 33.3 Å². The third-order valence-corrected chi connectivity index (χ3v) is 6.74. The SMILES string of the molecule is CCC/C(NCC(C)Oc1ccc(C(C)C)c(C)c1)=C(\C=O)C(C)Nc1cc(C(C)=O)c(C(C)=O)cc1C. The molecule has 0 saturated heterocycles. The van der Waals surface area contributed by atoms with Crippen LogP contribution in [0.4, 0.5) is 5.69 Å². The van der Waals surface area contributed by atoms with E-state index in [-0.39, 0.29) is 23.7 Å². The maximum atomic E-state index is 12.2. The molecule has 0 spiro atoms. The molecule has 2 aromatic carbocycles. The predicted molar refractivity (Wildman–Crippen MR) is 156 cm³/mol. The van der Waals surface area contributed by atoms with Crippen LogP contribution in [0.2, 0.25) is 0 Å². The van der Waals surface area contributed by atoms with Crippen molar-refractivity contribution in [2.75, 3.05) is 11.9 Å². The van der Waals surface area contributed by atoms with Gasteiger partial charge in [0.25, 0.3) is 0 Å². The fourth-order valence-corrected chi connectivity index (χ4v) is 4.69. The maximum absolute atomic E-state index is 12.2. The van der Waals surface area contributed by atoms with Gasteiger partial charge in [0.1, 0.15) is 18.1 Å². The van der Waals surface area contributed by atoms with Crippen molar-refractivity contribution in [1.82, 2.24) is 5.32 Å². The predicted octanol–water partition coefficient (Wildman–Crippen LogP) is 6.94. The molecule has 0 aliphatic carbocycles. The number of carbonyl (C=O) groups is 3. The van der Waals surface area contributed by atoms with Crippen LogP contribution in [0.1, 0.15) is 105 Å². The molecule has 6 heteroatoms. The summed E-state index contributed by atoms with van der Waals surface area (Å²) in [5.74, 6) is 0.974. The number of aldehydes is 1. The smallest absolute Gasteiger partial charge is 0.160 e. The number of Topliss-reactive ketones (excluding diaryl/α,β-unsaturated/α-hetero) is 2. The third kappa shape index (κ3) is 8.04. The van der Waals surface area contributed by atoms with E-state index in [0.717, 1.165) is 41.8 Å². The van der Waals surface area contributed by atoms with E-state index >= 15 is 0 Å². The first kappa shape index (κ1) is 30.8. The second-order valence-electron chi connectivity index (χ2n) is 10.5. The number of anilines is 1. The second-order valence-corrected chi connectivity index (χ2v) is 10.5. The fraction of sp³-hybridized carbons (Fsp3) is 0.469. The Balaban J connectivity index is 2.22. The van der Waals surface area contributed by atoms with E-state index in [0.29, 0.717) is 29.2 Å². The quantitative estimate of drug-likeness (QED) is 0.159. The van der Waals surface area contributed by atoms with E-state index in [4.69, 9.17) is 4.74 Å². The minimum absolute atomic E-state index is 0.109. The molecule has 38 heavy (non-hydrogen) atoms. The van der Waals surface area contributed by atoms with Crippen molar-refractivity contribution >= 4 is 23.5 Å². The van der Waals surface area contributed by atoms with Crippen molar-refractivity contribution < 1.29 is 19.1 Å². The van der Waals surface area contributed by atoms with Gasteiger partial charge in [-0.15, -0.1) is 0 Å². The summed E-state index contributed by atoms with van der Waals surface area (Å²) in [7, 11) is 0. The molecule has 0 aliphatic heterocycles. The number of benzene rings is 2. The first-order chi connectivity index (χ1) is 17.9. The lowest BCUT2D eigenvalue weighted by Gasteiger charge is -2.24. The Bertz CT molecular complexity index is 1200. The Morgan fingerprint density at radius 1 is 0.947 bits per heavy atom. The van der Waals surface area contributed by atoms with Crippen molar-refractivity contribution in [2.24, 2.45) is 0 Å². The number of allylic oxidation sites excluding steroid dienone is 1. The number of rotatable bonds is 14. The number of hydrogen-bond acceptors (Lipinski definition) is 6. The van der Waals surface area contributed by atoms with Gasteiger partial charge in [0.2, 0.25) is 0 Å². The van der Waals surface area contributed by atoms with Gasteiger partial charge in [0.05, 0.1) is 12.6 Å². The Morgan fingerprint density at radius 2 is 1.58 bits per heavy atom. The molecule has 2 aromatic rings. The summed E-state index contributed by atoms with van der Waals surface area (Å²) < 4.78 is 6.16. The van der Waals surface area contributed by atoms with Gasteiger partial charge in [-0.05, 0) is 94.8 Å². The van der Waals surface area contributed by atoms with Crippen molar-refractivity contribution in [3.05, 3.63) is 69.4 Å². The number of ether oxygens (including phenoxy) is 1. The van der Waals surface area contributed by atoms with Crippen LogP contribution >= 0.6 is 0 Å². The average molecular weight is 521 g/mol. The second kappa shape index (κ2) is 13.9. The Kier molecular flexibility index (Phi) is 11.3. The molecule has 0 saturated carbocycles. The largest absolute Gasteiger partial charge is 0.489 e. The minimum atomic E-state index is -0.314. The van der Waals surface area contributed by atoms with Crippen LogP contribution in [0.25, 0.3) is 0 Å². The molecule has 2 N–H and O–H groups in total. The monoisotopic (exact) mass is 520 g/mol. The third-order valence-electron chi connectivity index (χ3n) is 6.74. The Labute approximate surface area is 228 Å². The highest BCUT2D eigenvalue weighted by atomic mass is 16.5. The highest BCUT2D eigenvalue weighted by molar-refractivity contribution is 6.08. The van der Waals surface area contributed by atoms with Crippen LogP contribution in [-0.4, -0.2) is 36.5 Å². The van der Waals surface area contributed by atoms with E-state index in [1.807, 2.05) is 26.8 Å². The summed E-state index contributed by atoms with van der Waals surface area (Å²) >= 11 is 0. The molecule has 0 bridgehead atoms. The van der Waals surface area contributed by atoms with Crippen molar-refractivity contribution in [3.8, 4) is 5.75 Å². The molecular weight excluding hydrogens is 476 g/mol. The highest BCUT2D eigenvalue weighted by Crippen LogP contribution is 2.26.